The van der Waals surface area contributed by atoms with Gasteiger partial charge in [0, 0.05) is 5.92 Å². The van der Waals surface area contributed by atoms with Crippen molar-refractivity contribution in [1.82, 2.24) is 0 Å². The quantitative estimate of drug-likeness (QED) is 0.563. The molecule has 0 spiro atoms. The largest absolute Gasteiger partial charge is 0.431 e. The van der Waals surface area contributed by atoms with Crippen molar-refractivity contribution in [2.75, 3.05) is 0 Å². The molecule has 0 amide bonds. The minimum absolute atomic E-state index is 0.303. The van der Waals surface area contributed by atoms with Gasteiger partial charge in [0.1, 0.15) is 5.76 Å². The molecule has 0 aromatic carbocycles. The van der Waals surface area contributed by atoms with E-state index in [4.69, 9.17) is 10.5 Å². The number of fused-ring (bicyclic) bond motifs is 1. The van der Waals surface area contributed by atoms with Crippen molar-refractivity contribution in [1.29, 1.82) is 0 Å². The van der Waals surface area contributed by atoms with Gasteiger partial charge in [-0.3, -0.25) is 0 Å². The van der Waals surface area contributed by atoms with E-state index in [9.17, 15) is 0 Å². The van der Waals surface area contributed by atoms with Crippen LogP contribution >= 0.6 is 0 Å². The zero-order chi connectivity index (χ0) is 7.84. The maximum atomic E-state index is 5.47. The highest BCUT2D eigenvalue weighted by Gasteiger charge is 2.30. The first-order chi connectivity index (χ1) is 5.27. The third-order valence-electron chi connectivity index (χ3n) is 2.32. The second-order valence-corrected chi connectivity index (χ2v) is 3.10. The molecule has 3 nitrogen and oxygen atoms in total. The number of rotatable bonds is 0. The molecular formula is C8H12N2O. The molecule has 2 rings (SSSR count). The summed E-state index contributed by atoms with van der Waals surface area (Å²) in [5, 5.41) is 0. The van der Waals surface area contributed by atoms with Crippen molar-refractivity contribution in [3.05, 3.63) is 11.8 Å². The molecule has 0 saturated carbocycles. The first-order valence-corrected chi connectivity index (χ1v) is 3.98. The summed E-state index contributed by atoms with van der Waals surface area (Å²) in [7, 11) is 0. The maximum Gasteiger partial charge on any atom is 0.287 e. The molecule has 0 aromatic heterocycles. The average molecular weight is 152 g/mol. The van der Waals surface area contributed by atoms with Crippen molar-refractivity contribution >= 4 is 6.02 Å². The van der Waals surface area contributed by atoms with Crippen LogP contribution < -0.4 is 5.73 Å². The van der Waals surface area contributed by atoms with Crippen molar-refractivity contribution in [3.8, 4) is 0 Å². The van der Waals surface area contributed by atoms with Crippen LogP contribution in [0.5, 0.6) is 0 Å². The molecule has 2 N–H and O–H groups in total. The van der Waals surface area contributed by atoms with Gasteiger partial charge in [-0.15, -0.1) is 0 Å². The Labute approximate surface area is 65.9 Å². The van der Waals surface area contributed by atoms with Gasteiger partial charge in [0.25, 0.3) is 6.02 Å². The highest BCUT2D eigenvalue weighted by atomic mass is 16.5. The Morgan fingerprint density at radius 3 is 3.36 bits per heavy atom. The number of aliphatic imine (C=N–C) groups is 1. The molecular weight excluding hydrogens is 140 g/mol. The molecule has 1 aliphatic carbocycles. The van der Waals surface area contributed by atoms with Gasteiger partial charge in [-0.2, -0.15) is 0 Å². The zero-order valence-electron chi connectivity index (χ0n) is 6.58. The third kappa shape index (κ3) is 1.00. The summed E-state index contributed by atoms with van der Waals surface area (Å²) in [5.74, 6) is 1.52. The molecule has 2 aliphatic rings. The van der Waals surface area contributed by atoms with Crippen LogP contribution in [0.15, 0.2) is 16.8 Å². The number of nitrogens with zero attached hydrogens (tertiary/aromatic N) is 1. The number of amidine groups is 1. The van der Waals surface area contributed by atoms with Crippen LogP contribution in [0.3, 0.4) is 0 Å². The lowest BCUT2D eigenvalue weighted by atomic mass is 9.99. The molecule has 2 atom stereocenters. The minimum Gasteiger partial charge on any atom is -0.431 e. The van der Waals surface area contributed by atoms with Crippen LogP contribution in [-0.4, -0.2) is 12.1 Å². The van der Waals surface area contributed by atoms with Gasteiger partial charge in [0.05, 0.1) is 6.04 Å². The molecule has 2 unspecified atom stereocenters. The van der Waals surface area contributed by atoms with E-state index in [1.54, 1.807) is 0 Å². The molecule has 0 aromatic rings. The zero-order valence-corrected chi connectivity index (χ0v) is 6.58. The standard InChI is InChI=1S/C8H12N2O/c1-5-6-3-2-4-7(6)11-8(9)10-5/h4-6H,2-3H2,1H3,(H2,9,10). The number of ether oxygens (including phenoxy) is 1. The van der Waals surface area contributed by atoms with Crippen LogP contribution in [0.2, 0.25) is 0 Å². The lowest BCUT2D eigenvalue weighted by molar-refractivity contribution is 0.286. The molecule has 60 valence electrons. The van der Waals surface area contributed by atoms with Gasteiger partial charge >= 0.3 is 0 Å². The van der Waals surface area contributed by atoms with E-state index in [-0.39, 0.29) is 0 Å². The fourth-order valence-corrected chi connectivity index (χ4v) is 1.73. The van der Waals surface area contributed by atoms with Crippen molar-refractivity contribution < 1.29 is 4.74 Å². The molecule has 0 fully saturated rings. The number of hydrogen-bond acceptors (Lipinski definition) is 3. The van der Waals surface area contributed by atoms with E-state index in [2.05, 4.69) is 18.0 Å². The van der Waals surface area contributed by atoms with Crippen molar-refractivity contribution in [3.63, 3.8) is 0 Å². The lowest BCUT2D eigenvalue weighted by Crippen LogP contribution is -2.30. The summed E-state index contributed by atoms with van der Waals surface area (Å²) in [5.41, 5.74) is 5.47. The summed E-state index contributed by atoms with van der Waals surface area (Å²) < 4.78 is 5.27. The van der Waals surface area contributed by atoms with E-state index in [1.807, 2.05) is 0 Å². The molecule has 0 radical (unpaired) electrons. The lowest BCUT2D eigenvalue weighted by Gasteiger charge is -2.24. The molecule has 1 aliphatic heterocycles. The predicted molar refractivity (Wildman–Crippen MR) is 43.0 cm³/mol. The van der Waals surface area contributed by atoms with Crippen LogP contribution in [0, 0.1) is 5.92 Å². The van der Waals surface area contributed by atoms with E-state index >= 15 is 0 Å². The second kappa shape index (κ2) is 2.26. The topological polar surface area (TPSA) is 47.6 Å². The van der Waals surface area contributed by atoms with E-state index in [0.29, 0.717) is 18.0 Å². The summed E-state index contributed by atoms with van der Waals surface area (Å²) in [6.45, 7) is 2.08. The molecule has 11 heavy (non-hydrogen) atoms. The Morgan fingerprint density at radius 2 is 2.55 bits per heavy atom. The fraction of sp³-hybridized carbons (Fsp3) is 0.625. The highest BCUT2D eigenvalue weighted by molar-refractivity contribution is 5.73. The monoisotopic (exact) mass is 152 g/mol. The van der Waals surface area contributed by atoms with Crippen LogP contribution in [0.25, 0.3) is 0 Å². The number of hydrogen-bond donors (Lipinski definition) is 1. The predicted octanol–water partition coefficient (Wildman–Crippen LogP) is 1.01. The Morgan fingerprint density at radius 1 is 1.73 bits per heavy atom. The first-order valence-electron chi connectivity index (χ1n) is 3.98. The van der Waals surface area contributed by atoms with E-state index in [0.717, 1.165) is 18.6 Å². The van der Waals surface area contributed by atoms with Gasteiger partial charge in [-0.1, -0.05) is 0 Å². The maximum absolute atomic E-state index is 5.47. The van der Waals surface area contributed by atoms with Crippen molar-refractivity contribution in [2.24, 2.45) is 16.6 Å². The SMILES string of the molecule is CC1N=C(N)OC2=CCCC21. The first kappa shape index (κ1) is 6.70. The average Bonchev–Trinajstić information content (AvgIpc) is 2.34. The van der Waals surface area contributed by atoms with Crippen molar-refractivity contribution in [2.45, 2.75) is 25.8 Å². The van der Waals surface area contributed by atoms with Gasteiger partial charge in [0.2, 0.25) is 0 Å². The van der Waals surface area contributed by atoms with Gasteiger partial charge in [-0.25, -0.2) is 4.99 Å². The minimum atomic E-state index is 0.303. The number of nitrogens with two attached hydrogens (primary N) is 1. The third-order valence-corrected chi connectivity index (χ3v) is 2.32. The summed E-state index contributed by atoms with van der Waals surface area (Å²) in [6.07, 6.45) is 4.38. The highest BCUT2D eigenvalue weighted by Crippen LogP contribution is 2.33. The fourth-order valence-electron chi connectivity index (χ4n) is 1.73. The molecule has 0 saturated heterocycles. The number of allylic oxidation sites excluding steroid dienone is 1. The molecule has 0 bridgehead atoms. The summed E-state index contributed by atoms with van der Waals surface area (Å²) in [4.78, 5) is 4.16. The Bertz CT molecular complexity index is 232. The van der Waals surface area contributed by atoms with E-state index < -0.39 is 0 Å². The second-order valence-electron chi connectivity index (χ2n) is 3.10. The normalized spacial score (nSPS) is 35.4. The molecule has 1 heterocycles. The van der Waals surface area contributed by atoms with Gasteiger partial charge < -0.3 is 10.5 Å². The van der Waals surface area contributed by atoms with Crippen LogP contribution in [-0.2, 0) is 4.74 Å². The molecule has 3 heteroatoms. The van der Waals surface area contributed by atoms with Crippen LogP contribution in [0.4, 0.5) is 0 Å². The Kier molecular flexibility index (Phi) is 1.37. The van der Waals surface area contributed by atoms with Gasteiger partial charge in [-0.05, 0) is 25.8 Å². The smallest absolute Gasteiger partial charge is 0.287 e. The summed E-state index contributed by atoms with van der Waals surface area (Å²) >= 11 is 0. The summed E-state index contributed by atoms with van der Waals surface area (Å²) in [6, 6.07) is 0.624. The van der Waals surface area contributed by atoms with Crippen LogP contribution in [0.1, 0.15) is 19.8 Å². The Balaban J connectivity index is 2.27. The van der Waals surface area contributed by atoms with Gasteiger partial charge in [0.15, 0.2) is 0 Å². The Hall–Kier alpha value is -0.990. The van der Waals surface area contributed by atoms with E-state index in [1.165, 1.54) is 0 Å².